The zero-order chi connectivity index (χ0) is 11.5. The molecule has 0 nitrogen and oxygen atoms in total. The minimum atomic E-state index is -0.410. The Morgan fingerprint density at radius 1 is 1.47 bits per heavy atom. The summed E-state index contributed by atoms with van der Waals surface area (Å²) in [4.78, 5) is 0. The third kappa shape index (κ3) is 3.13. The highest BCUT2D eigenvalue weighted by atomic mass is 79.9. The fraction of sp³-hybridized carbons (Fsp3) is 0.333. The number of halogens is 3. The van der Waals surface area contributed by atoms with Gasteiger partial charge in [-0.15, -0.1) is 6.58 Å². The maximum Gasteiger partial charge on any atom is 0.126 e. The highest BCUT2D eigenvalue weighted by molar-refractivity contribution is 9.09. The Balaban J connectivity index is 2.97. The summed E-state index contributed by atoms with van der Waals surface area (Å²) in [5.74, 6) is -0.780. The molecule has 1 unspecified atom stereocenters. The van der Waals surface area contributed by atoms with Crippen molar-refractivity contribution in [1.29, 1.82) is 0 Å². The number of hydrogen-bond acceptors (Lipinski definition) is 0. The number of hydrogen-bond donors (Lipinski definition) is 0. The van der Waals surface area contributed by atoms with Gasteiger partial charge in [-0.2, -0.15) is 0 Å². The lowest BCUT2D eigenvalue weighted by molar-refractivity contribution is 0.472. The second-order valence-electron chi connectivity index (χ2n) is 3.90. The summed E-state index contributed by atoms with van der Waals surface area (Å²) in [6.45, 7) is 5.65. The Morgan fingerprint density at radius 3 is 2.67 bits per heavy atom. The quantitative estimate of drug-likeness (QED) is 0.573. The summed E-state index contributed by atoms with van der Waals surface area (Å²) >= 11 is 3.35. The second kappa shape index (κ2) is 4.88. The zero-order valence-corrected chi connectivity index (χ0v) is 10.2. The third-order valence-electron chi connectivity index (χ3n) is 2.40. The molecule has 0 bridgehead atoms. The monoisotopic (exact) mass is 274 g/mol. The van der Waals surface area contributed by atoms with E-state index in [1.165, 1.54) is 6.07 Å². The molecule has 0 radical (unpaired) electrons. The van der Waals surface area contributed by atoms with Crippen LogP contribution < -0.4 is 0 Å². The van der Waals surface area contributed by atoms with Gasteiger partial charge in [0.2, 0.25) is 0 Å². The van der Waals surface area contributed by atoms with Crippen LogP contribution in [0, 0.1) is 17.0 Å². The van der Waals surface area contributed by atoms with Crippen molar-refractivity contribution in [3.8, 4) is 0 Å². The van der Waals surface area contributed by atoms with Crippen molar-refractivity contribution in [3.63, 3.8) is 0 Å². The predicted octanol–water partition coefficient (Wildman–Crippen LogP) is 4.09. The lowest BCUT2D eigenvalue weighted by Crippen LogP contribution is -2.19. The average Bonchev–Trinajstić information content (AvgIpc) is 2.23. The molecule has 0 aromatic heterocycles. The van der Waals surface area contributed by atoms with Gasteiger partial charge in [-0.25, -0.2) is 8.78 Å². The maximum atomic E-state index is 13.4. The van der Waals surface area contributed by atoms with E-state index < -0.39 is 5.82 Å². The highest BCUT2D eigenvalue weighted by Crippen LogP contribution is 2.27. The molecule has 0 saturated carbocycles. The van der Waals surface area contributed by atoms with Crippen LogP contribution in [0.25, 0.3) is 0 Å². The van der Waals surface area contributed by atoms with Gasteiger partial charge in [0.15, 0.2) is 0 Å². The lowest BCUT2D eigenvalue weighted by Gasteiger charge is -2.23. The minimum Gasteiger partial charge on any atom is -0.207 e. The Labute approximate surface area is 97.1 Å². The largest absolute Gasteiger partial charge is 0.207 e. The molecule has 0 fully saturated rings. The van der Waals surface area contributed by atoms with Gasteiger partial charge < -0.3 is 0 Å². The summed E-state index contributed by atoms with van der Waals surface area (Å²) in [5, 5.41) is 0.666. The molecular weight excluding hydrogens is 262 g/mol. The Hall–Kier alpha value is -0.700. The first kappa shape index (κ1) is 12.4. The van der Waals surface area contributed by atoms with Gasteiger partial charge in [-0.1, -0.05) is 28.9 Å². The lowest BCUT2D eigenvalue weighted by atomic mass is 9.86. The molecule has 0 spiro atoms. The molecule has 1 aromatic carbocycles. The zero-order valence-electron chi connectivity index (χ0n) is 8.56. The molecule has 0 amide bonds. The molecule has 0 aliphatic rings. The van der Waals surface area contributed by atoms with Crippen LogP contribution in [0.1, 0.15) is 12.5 Å². The van der Waals surface area contributed by atoms with Gasteiger partial charge >= 0.3 is 0 Å². The van der Waals surface area contributed by atoms with Crippen LogP contribution in [0.15, 0.2) is 30.9 Å². The molecule has 15 heavy (non-hydrogen) atoms. The molecule has 0 N–H and O–H groups in total. The van der Waals surface area contributed by atoms with Gasteiger partial charge in [0.05, 0.1) is 0 Å². The van der Waals surface area contributed by atoms with E-state index >= 15 is 0 Å². The topological polar surface area (TPSA) is 0 Å². The summed E-state index contributed by atoms with van der Waals surface area (Å²) in [7, 11) is 0. The van der Waals surface area contributed by atoms with Crippen LogP contribution >= 0.6 is 15.9 Å². The van der Waals surface area contributed by atoms with E-state index in [1.807, 2.05) is 6.92 Å². The van der Waals surface area contributed by atoms with E-state index in [9.17, 15) is 8.78 Å². The van der Waals surface area contributed by atoms with E-state index in [-0.39, 0.29) is 11.2 Å². The molecule has 0 aliphatic heterocycles. The van der Waals surface area contributed by atoms with E-state index in [0.29, 0.717) is 17.3 Å². The molecule has 1 aromatic rings. The van der Waals surface area contributed by atoms with E-state index in [2.05, 4.69) is 22.5 Å². The Bertz CT molecular complexity index is 363. The molecule has 1 rings (SSSR count). The Morgan fingerprint density at radius 2 is 2.13 bits per heavy atom. The molecular formula is C12H13BrF2. The number of alkyl halides is 1. The van der Waals surface area contributed by atoms with E-state index in [4.69, 9.17) is 0 Å². The van der Waals surface area contributed by atoms with E-state index in [1.54, 1.807) is 6.08 Å². The smallest absolute Gasteiger partial charge is 0.126 e. The van der Waals surface area contributed by atoms with Gasteiger partial charge in [0.1, 0.15) is 11.6 Å². The van der Waals surface area contributed by atoms with Crippen molar-refractivity contribution in [2.45, 2.75) is 13.3 Å². The predicted molar refractivity (Wildman–Crippen MR) is 62.2 cm³/mol. The van der Waals surface area contributed by atoms with Gasteiger partial charge in [-0.05, 0) is 35.6 Å². The fourth-order valence-electron chi connectivity index (χ4n) is 1.29. The van der Waals surface area contributed by atoms with Crippen LogP contribution in [-0.2, 0) is 6.42 Å². The van der Waals surface area contributed by atoms with Crippen molar-refractivity contribution < 1.29 is 8.78 Å². The summed E-state index contributed by atoms with van der Waals surface area (Å²) in [5.41, 5.74) is 0.131. The number of allylic oxidation sites excluding steroid dienone is 1. The highest BCUT2D eigenvalue weighted by Gasteiger charge is 2.21. The van der Waals surface area contributed by atoms with Crippen molar-refractivity contribution in [3.05, 3.63) is 48.1 Å². The van der Waals surface area contributed by atoms with Crippen LogP contribution in [-0.4, -0.2) is 5.33 Å². The second-order valence-corrected chi connectivity index (χ2v) is 4.47. The van der Waals surface area contributed by atoms with Crippen molar-refractivity contribution in [2.24, 2.45) is 5.41 Å². The summed E-state index contributed by atoms with van der Waals surface area (Å²) in [6.07, 6.45) is 2.19. The van der Waals surface area contributed by atoms with Crippen molar-refractivity contribution >= 4 is 15.9 Å². The first-order valence-corrected chi connectivity index (χ1v) is 5.76. The Kier molecular flexibility index (Phi) is 4.03. The number of benzene rings is 1. The third-order valence-corrected chi connectivity index (χ3v) is 3.68. The summed E-state index contributed by atoms with van der Waals surface area (Å²) < 4.78 is 26.3. The molecule has 82 valence electrons. The first-order valence-electron chi connectivity index (χ1n) is 4.64. The van der Waals surface area contributed by atoms with Gasteiger partial charge in [0, 0.05) is 5.33 Å². The van der Waals surface area contributed by atoms with E-state index in [0.717, 1.165) is 12.1 Å². The van der Waals surface area contributed by atoms with Crippen molar-refractivity contribution in [1.82, 2.24) is 0 Å². The minimum absolute atomic E-state index is 0.255. The molecule has 0 saturated heterocycles. The SMILES string of the molecule is C=CC(C)(CBr)Cc1cc(F)ccc1F. The van der Waals surface area contributed by atoms with Crippen LogP contribution in [0.2, 0.25) is 0 Å². The average molecular weight is 275 g/mol. The number of rotatable bonds is 4. The van der Waals surface area contributed by atoms with Crippen LogP contribution in [0.5, 0.6) is 0 Å². The molecule has 1 atom stereocenters. The van der Waals surface area contributed by atoms with Crippen molar-refractivity contribution in [2.75, 3.05) is 5.33 Å². The normalized spacial score (nSPS) is 14.7. The molecule has 3 heteroatoms. The molecule has 0 heterocycles. The maximum absolute atomic E-state index is 13.4. The van der Waals surface area contributed by atoms with Crippen LogP contribution in [0.3, 0.4) is 0 Å². The van der Waals surface area contributed by atoms with Gasteiger partial charge in [0.25, 0.3) is 0 Å². The van der Waals surface area contributed by atoms with Gasteiger partial charge in [-0.3, -0.25) is 0 Å². The fourth-order valence-corrected chi connectivity index (χ4v) is 1.71. The molecule has 0 aliphatic carbocycles. The summed E-state index contributed by atoms with van der Waals surface area (Å²) in [6, 6.07) is 3.51. The standard InChI is InChI=1S/C12H13BrF2/c1-3-12(2,8-13)7-9-6-10(14)4-5-11(9)15/h3-6H,1,7-8H2,2H3. The first-order chi connectivity index (χ1) is 7.00. The van der Waals surface area contributed by atoms with Crippen LogP contribution in [0.4, 0.5) is 8.78 Å².